The average molecular weight is 455 g/mol. The van der Waals surface area contributed by atoms with Crippen molar-refractivity contribution in [1.29, 1.82) is 0 Å². The lowest BCUT2D eigenvalue weighted by Crippen LogP contribution is -2.18. The molecule has 0 aliphatic rings. The van der Waals surface area contributed by atoms with Crippen LogP contribution in [0.3, 0.4) is 0 Å². The molecule has 32 heavy (non-hydrogen) atoms. The molecule has 0 radical (unpaired) electrons. The van der Waals surface area contributed by atoms with E-state index in [0.717, 1.165) is 11.3 Å². The third-order valence-corrected chi connectivity index (χ3v) is 6.29. The van der Waals surface area contributed by atoms with Crippen LogP contribution in [0.15, 0.2) is 36.4 Å². The average Bonchev–Trinajstić information content (AvgIpc) is 3.24. The molecular formula is C22H19F2N5O2S. The Balaban J connectivity index is 1.98. The molecular weight excluding hydrogens is 436 g/mol. The Kier molecular flexibility index (Phi) is 5.47. The maximum absolute atomic E-state index is 13.6. The second-order valence-electron chi connectivity index (χ2n) is 7.24. The van der Waals surface area contributed by atoms with Gasteiger partial charge in [0.1, 0.15) is 15.4 Å². The summed E-state index contributed by atoms with van der Waals surface area (Å²) >= 11 is 0.869. The number of pyridine rings is 1. The lowest BCUT2D eigenvalue weighted by atomic mass is 10.0. The van der Waals surface area contributed by atoms with Crippen LogP contribution in [0, 0.1) is 13.8 Å². The number of hydrogen-bond donors (Lipinski definition) is 2. The van der Waals surface area contributed by atoms with Gasteiger partial charge >= 0.3 is 0 Å². The molecule has 10 heteroatoms. The van der Waals surface area contributed by atoms with Crippen molar-refractivity contribution >= 4 is 39.1 Å². The Morgan fingerprint density at radius 2 is 1.88 bits per heavy atom. The van der Waals surface area contributed by atoms with Crippen LogP contribution in [-0.4, -0.2) is 26.6 Å². The normalized spacial score (nSPS) is 11.3. The van der Waals surface area contributed by atoms with Crippen LogP contribution in [-0.2, 0) is 7.05 Å². The fraction of sp³-hybridized carbons (Fsp3) is 0.182. The summed E-state index contributed by atoms with van der Waals surface area (Å²) in [6.45, 7) is 3.45. The number of benzene rings is 1. The van der Waals surface area contributed by atoms with Gasteiger partial charge in [-0.15, -0.1) is 11.3 Å². The van der Waals surface area contributed by atoms with Gasteiger partial charge in [0, 0.05) is 18.1 Å². The first-order chi connectivity index (χ1) is 15.2. The zero-order valence-corrected chi connectivity index (χ0v) is 18.3. The van der Waals surface area contributed by atoms with Crippen LogP contribution in [0.1, 0.15) is 43.5 Å². The summed E-state index contributed by atoms with van der Waals surface area (Å²) in [7, 11) is 1.72. The first-order valence-corrected chi connectivity index (χ1v) is 10.4. The molecule has 164 valence electrons. The van der Waals surface area contributed by atoms with Gasteiger partial charge < -0.3 is 11.1 Å². The molecule has 3 aromatic heterocycles. The second-order valence-corrected chi connectivity index (χ2v) is 8.23. The highest BCUT2D eigenvalue weighted by atomic mass is 32.1. The Morgan fingerprint density at radius 1 is 1.19 bits per heavy atom. The molecule has 0 bridgehead atoms. The SMILES string of the molecule is Cc1nn(C)c(C)c1C(=O)Nc1c(C(N)=O)sc2nc(C(F)F)cc(-c3ccccc3)c12. The number of carbonyl (C=O) groups excluding carboxylic acids is 2. The Morgan fingerprint density at radius 3 is 2.44 bits per heavy atom. The highest BCUT2D eigenvalue weighted by molar-refractivity contribution is 7.21. The quantitative estimate of drug-likeness (QED) is 0.459. The summed E-state index contributed by atoms with van der Waals surface area (Å²) in [5.41, 5.74) is 7.88. The van der Waals surface area contributed by atoms with Gasteiger partial charge in [0.15, 0.2) is 0 Å². The Hall–Kier alpha value is -3.66. The predicted molar refractivity (Wildman–Crippen MR) is 119 cm³/mol. The molecule has 4 rings (SSSR count). The number of aromatic nitrogens is 3. The summed E-state index contributed by atoms with van der Waals surface area (Å²) in [6.07, 6.45) is -2.81. The molecule has 0 unspecified atom stereocenters. The highest BCUT2D eigenvalue weighted by Crippen LogP contribution is 2.42. The number of amides is 2. The van der Waals surface area contributed by atoms with E-state index in [1.54, 1.807) is 55.9 Å². The summed E-state index contributed by atoms with van der Waals surface area (Å²) in [5.74, 6) is -1.27. The van der Waals surface area contributed by atoms with E-state index < -0.39 is 23.9 Å². The molecule has 0 aliphatic heterocycles. The van der Waals surface area contributed by atoms with Gasteiger partial charge in [-0.2, -0.15) is 5.10 Å². The van der Waals surface area contributed by atoms with Crippen LogP contribution in [0.4, 0.5) is 14.5 Å². The van der Waals surface area contributed by atoms with E-state index in [-0.39, 0.29) is 15.4 Å². The van der Waals surface area contributed by atoms with Gasteiger partial charge in [0.2, 0.25) is 0 Å². The van der Waals surface area contributed by atoms with Crippen LogP contribution < -0.4 is 11.1 Å². The summed E-state index contributed by atoms with van der Waals surface area (Å²) in [5, 5.41) is 7.40. The topological polar surface area (TPSA) is 103 Å². The molecule has 0 atom stereocenters. The maximum Gasteiger partial charge on any atom is 0.280 e. The minimum atomic E-state index is -2.81. The molecule has 0 spiro atoms. The van der Waals surface area contributed by atoms with Crippen LogP contribution in [0.2, 0.25) is 0 Å². The number of thiophene rings is 1. The molecule has 3 N–H and O–H groups in total. The van der Waals surface area contributed by atoms with Gasteiger partial charge in [-0.05, 0) is 31.0 Å². The summed E-state index contributed by atoms with van der Waals surface area (Å²) < 4.78 is 28.7. The monoisotopic (exact) mass is 455 g/mol. The van der Waals surface area contributed by atoms with Gasteiger partial charge in [0.05, 0.1) is 16.9 Å². The number of fused-ring (bicyclic) bond motifs is 1. The van der Waals surface area contributed by atoms with E-state index in [2.05, 4.69) is 15.4 Å². The number of nitrogens with two attached hydrogens (primary N) is 1. The standard InChI is InChI=1S/C22H19F2N5O2S/c1-10-15(11(2)29(3)28-10)21(31)27-17-16-13(12-7-5-4-6-8-12)9-14(19(23)24)26-22(16)32-18(17)20(25)30/h4-9,19H,1-3H3,(H2,25,30)(H,27,31). The van der Waals surface area contributed by atoms with Crippen molar-refractivity contribution in [1.82, 2.24) is 14.8 Å². The molecule has 7 nitrogen and oxygen atoms in total. The van der Waals surface area contributed by atoms with E-state index in [1.165, 1.54) is 6.07 Å². The number of carbonyl (C=O) groups is 2. The van der Waals surface area contributed by atoms with Gasteiger partial charge in [-0.1, -0.05) is 30.3 Å². The first-order valence-electron chi connectivity index (χ1n) is 9.61. The fourth-order valence-electron chi connectivity index (χ4n) is 3.65. The molecule has 0 fully saturated rings. The minimum Gasteiger partial charge on any atom is -0.365 e. The second kappa shape index (κ2) is 8.12. The molecule has 1 aromatic carbocycles. The van der Waals surface area contributed by atoms with E-state index in [9.17, 15) is 18.4 Å². The first kappa shape index (κ1) is 21.6. The van der Waals surface area contributed by atoms with Crippen molar-refractivity contribution in [3.05, 3.63) is 63.9 Å². The van der Waals surface area contributed by atoms with Gasteiger partial charge in [0.25, 0.3) is 18.2 Å². The van der Waals surface area contributed by atoms with Crippen molar-refractivity contribution in [3.63, 3.8) is 0 Å². The van der Waals surface area contributed by atoms with E-state index in [0.29, 0.717) is 33.5 Å². The fourth-order valence-corrected chi connectivity index (χ4v) is 4.66. The summed E-state index contributed by atoms with van der Waals surface area (Å²) in [4.78, 5) is 29.6. The van der Waals surface area contributed by atoms with Crippen molar-refractivity contribution in [2.75, 3.05) is 5.32 Å². The number of anilines is 1. The van der Waals surface area contributed by atoms with Gasteiger partial charge in [-0.25, -0.2) is 13.8 Å². The smallest absolute Gasteiger partial charge is 0.280 e. The zero-order valence-electron chi connectivity index (χ0n) is 17.4. The lowest BCUT2D eigenvalue weighted by molar-refractivity contribution is 0.100. The van der Waals surface area contributed by atoms with Crippen LogP contribution in [0.25, 0.3) is 21.3 Å². The van der Waals surface area contributed by atoms with Crippen molar-refractivity contribution in [2.45, 2.75) is 20.3 Å². The number of hydrogen-bond acceptors (Lipinski definition) is 5. The number of alkyl halides is 2. The molecule has 0 saturated heterocycles. The number of primary amides is 1. The minimum absolute atomic E-state index is 0.0312. The van der Waals surface area contributed by atoms with Crippen molar-refractivity contribution in [3.8, 4) is 11.1 Å². The van der Waals surface area contributed by atoms with Crippen LogP contribution in [0.5, 0.6) is 0 Å². The number of rotatable bonds is 5. The third kappa shape index (κ3) is 3.62. The zero-order chi connectivity index (χ0) is 23.2. The highest BCUT2D eigenvalue weighted by Gasteiger charge is 2.26. The molecule has 4 aromatic rings. The predicted octanol–water partition coefficient (Wildman–Crippen LogP) is 4.60. The van der Waals surface area contributed by atoms with E-state index >= 15 is 0 Å². The van der Waals surface area contributed by atoms with E-state index in [4.69, 9.17) is 5.73 Å². The van der Waals surface area contributed by atoms with Crippen molar-refractivity contribution in [2.24, 2.45) is 12.8 Å². The number of nitrogens with zero attached hydrogens (tertiary/aromatic N) is 3. The number of nitrogens with one attached hydrogen (secondary N) is 1. The molecule has 0 saturated carbocycles. The number of aryl methyl sites for hydroxylation is 2. The number of halogens is 2. The maximum atomic E-state index is 13.6. The lowest BCUT2D eigenvalue weighted by Gasteiger charge is -2.11. The third-order valence-electron chi connectivity index (χ3n) is 5.19. The summed E-state index contributed by atoms with van der Waals surface area (Å²) in [6, 6.07) is 10.1. The van der Waals surface area contributed by atoms with Crippen LogP contribution >= 0.6 is 11.3 Å². The molecule has 3 heterocycles. The molecule has 0 aliphatic carbocycles. The van der Waals surface area contributed by atoms with E-state index in [1.807, 2.05) is 0 Å². The largest absolute Gasteiger partial charge is 0.365 e. The van der Waals surface area contributed by atoms with Crippen molar-refractivity contribution < 1.29 is 18.4 Å². The Labute approximate surface area is 185 Å². The Bertz CT molecular complexity index is 1360. The molecule has 2 amide bonds. The van der Waals surface area contributed by atoms with Gasteiger partial charge in [-0.3, -0.25) is 14.3 Å².